The highest BCUT2D eigenvalue weighted by Gasteiger charge is 2.40. The summed E-state index contributed by atoms with van der Waals surface area (Å²) in [6.07, 6.45) is -5.59. The molecule has 0 aliphatic heterocycles. The summed E-state index contributed by atoms with van der Waals surface area (Å²) in [6.45, 7) is 0. The van der Waals surface area contributed by atoms with Gasteiger partial charge in [0.15, 0.2) is 0 Å². The molecule has 0 aromatic rings. The molecule has 12 heteroatoms. The van der Waals surface area contributed by atoms with Crippen molar-refractivity contribution in [3.05, 3.63) is 0 Å². The molecule has 0 aliphatic rings. The lowest BCUT2D eigenvalue weighted by Crippen LogP contribution is -2.45. The molecule has 0 aliphatic carbocycles. The lowest BCUT2D eigenvalue weighted by molar-refractivity contribution is -0.187. The van der Waals surface area contributed by atoms with Crippen molar-refractivity contribution in [3.63, 3.8) is 0 Å². The third-order valence-electron chi connectivity index (χ3n) is 3.26. The number of aliphatic carboxylic acids is 2. The standard InChI is InChI=1S/C16H22O12/c1-25-9(17)5-3-7-11(19)27-13(15(21)22)14(16(23)24)28-12(20)8-4-6-10(18)26-2/h13-14H,3-8H2,1-2H3,(H,21,22)(H,23,24). The Morgan fingerprint density at radius 3 is 1.14 bits per heavy atom. The summed E-state index contributed by atoms with van der Waals surface area (Å²) in [5, 5.41) is 18.2. The molecule has 2 N–H and O–H groups in total. The van der Waals surface area contributed by atoms with E-state index in [-0.39, 0.29) is 38.5 Å². The summed E-state index contributed by atoms with van der Waals surface area (Å²) in [5.41, 5.74) is 0. The van der Waals surface area contributed by atoms with Crippen molar-refractivity contribution in [2.75, 3.05) is 14.2 Å². The topological polar surface area (TPSA) is 180 Å². The van der Waals surface area contributed by atoms with E-state index in [1.54, 1.807) is 0 Å². The Balaban J connectivity index is 4.81. The number of carboxylic acid groups (broad SMARTS) is 2. The largest absolute Gasteiger partial charge is 0.478 e. The zero-order chi connectivity index (χ0) is 21.7. The SMILES string of the molecule is COC(=O)CCCC(=O)OC(C(=O)O)C(OC(=O)CCCC(=O)OC)C(=O)O. The van der Waals surface area contributed by atoms with Crippen LogP contribution in [0.15, 0.2) is 0 Å². The van der Waals surface area contributed by atoms with Crippen LogP contribution in [-0.4, -0.2) is 72.5 Å². The molecular formula is C16H22O12. The van der Waals surface area contributed by atoms with Crippen LogP contribution in [-0.2, 0) is 47.7 Å². The number of esters is 4. The molecule has 28 heavy (non-hydrogen) atoms. The molecule has 0 heterocycles. The fourth-order valence-electron chi connectivity index (χ4n) is 1.84. The van der Waals surface area contributed by atoms with Gasteiger partial charge in [-0.15, -0.1) is 0 Å². The van der Waals surface area contributed by atoms with Gasteiger partial charge in [0.05, 0.1) is 14.2 Å². The van der Waals surface area contributed by atoms with E-state index in [0.29, 0.717) is 0 Å². The first kappa shape index (κ1) is 24.8. The normalized spacial score (nSPS) is 12.2. The summed E-state index contributed by atoms with van der Waals surface area (Å²) in [4.78, 5) is 67.8. The Morgan fingerprint density at radius 2 is 0.893 bits per heavy atom. The van der Waals surface area contributed by atoms with Crippen LogP contribution in [0.5, 0.6) is 0 Å². The van der Waals surface area contributed by atoms with Crippen LogP contribution in [0.4, 0.5) is 0 Å². The van der Waals surface area contributed by atoms with Gasteiger partial charge in [-0.05, 0) is 12.8 Å². The van der Waals surface area contributed by atoms with E-state index in [1.807, 2.05) is 0 Å². The smallest absolute Gasteiger partial charge is 0.349 e. The number of carboxylic acids is 2. The van der Waals surface area contributed by atoms with Gasteiger partial charge in [0, 0.05) is 25.7 Å². The van der Waals surface area contributed by atoms with Crippen molar-refractivity contribution in [2.45, 2.75) is 50.7 Å². The van der Waals surface area contributed by atoms with Crippen LogP contribution in [0, 0.1) is 0 Å². The van der Waals surface area contributed by atoms with Gasteiger partial charge in [0.2, 0.25) is 12.2 Å². The maximum Gasteiger partial charge on any atom is 0.349 e. The first-order valence-electron chi connectivity index (χ1n) is 8.10. The summed E-state index contributed by atoms with van der Waals surface area (Å²) < 4.78 is 17.9. The Hall–Kier alpha value is -3.18. The fourth-order valence-corrected chi connectivity index (χ4v) is 1.84. The second-order valence-corrected chi connectivity index (χ2v) is 5.36. The second-order valence-electron chi connectivity index (χ2n) is 5.36. The van der Waals surface area contributed by atoms with Gasteiger partial charge >= 0.3 is 35.8 Å². The number of hydrogen-bond acceptors (Lipinski definition) is 10. The number of methoxy groups -OCH3 is 2. The highest BCUT2D eigenvalue weighted by Crippen LogP contribution is 2.11. The molecule has 0 spiro atoms. The first-order chi connectivity index (χ1) is 13.1. The summed E-state index contributed by atoms with van der Waals surface area (Å²) in [5.74, 6) is -7.04. The van der Waals surface area contributed by atoms with Gasteiger partial charge in [0.1, 0.15) is 0 Å². The Kier molecular flexibility index (Phi) is 11.6. The number of ether oxygens (including phenoxy) is 4. The Bertz CT molecular complexity index is 544. The zero-order valence-electron chi connectivity index (χ0n) is 15.4. The number of hydrogen-bond donors (Lipinski definition) is 2. The monoisotopic (exact) mass is 406 g/mol. The van der Waals surface area contributed by atoms with E-state index in [0.717, 1.165) is 14.2 Å². The number of rotatable bonds is 13. The maximum absolute atomic E-state index is 11.7. The quantitative estimate of drug-likeness (QED) is 0.301. The lowest BCUT2D eigenvalue weighted by atomic mass is 10.2. The van der Waals surface area contributed by atoms with Crippen molar-refractivity contribution in [2.24, 2.45) is 0 Å². The van der Waals surface area contributed by atoms with E-state index in [2.05, 4.69) is 18.9 Å². The molecule has 2 atom stereocenters. The molecule has 158 valence electrons. The van der Waals surface area contributed by atoms with Crippen molar-refractivity contribution in [1.82, 2.24) is 0 Å². The molecule has 0 amide bonds. The molecular weight excluding hydrogens is 384 g/mol. The average molecular weight is 406 g/mol. The van der Waals surface area contributed by atoms with Crippen LogP contribution in [0.3, 0.4) is 0 Å². The van der Waals surface area contributed by atoms with Crippen molar-refractivity contribution in [3.8, 4) is 0 Å². The minimum atomic E-state index is -2.28. The van der Waals surface area contributed by atoms with Gasteiger partial charge in [0.25, 0.3) is 0 Å². The molecule has 0 bridgehead atoms. The van der Waals surface area contributed by atoms with Crippen molar-refractivity contribution >= 4 is 35.8 Å². The van der Waals surface area contributed by atoms with E-state index < -0.39 is 48.0 Å². The zero-order valence-corrected chi connectivity index (χ0v) is 15.4. The molecule has 0 aromatic carbocycles. The van der Waals surface area contributed by atoms with E-state index in [9.17, 15) is 28.8 Å². The van der Waals surface area contributed by atoms with Gasteiger partial charge in [-0.25, -0.2) is 9.59 Å². The number of carbonyl (C=O) groups excluding carboxylic acids is 4. The lowest BCUT2D eigenvalue weighted by Gasteiger charge is -2.20. The molecule has 2 unspecified atom stereocenters. The molecule has 0 fully saturated rings. The molecule has 0 rings (SSSR count). The van der Waals surface area contributed by atoms with Gasteiger partial charge in [-0.2, -0.15) is 0 Å². The van der Waals surface area contributed by atoms with Crippen molar-refractivity contribution in [1.29, 1.82) is 0 Å². The van der Waals surface area contributed by atoms with Crippen LogP contribution in [0.25, 0.3) is 0 Å². The molecule has 0 radical (unpaired) electrons. The minimum absolute atomic E-state index is 0.0110. The number of carbonyl (C=O) groups is 6. The fraction of sp³-hybridized carbons (Fsp3) is 0.625. The van der Waals surface area contributed by atoms with Crippen LogP contribution >= 0.6 is 0 Å². The Labute approximate surface area is 159 Å². The van der Waals surface area contributed by atoms with Crippen molar-refractivity contribution < 1.29 is 57.9 Å². The summed E-state index contributed by atoms with van der Waals surface area (Å²) in [7, 11) is 2.30. The van der Waals surface area contributed by atoms with Crippen LogP contribution in [0.2, 0.25) is 0 Å². The second kappa shape index (κ2) is 13.1. The summed E-state index contributed by atoms with van der Waals surface area (Å²) >= 11 is 0. The highest BCUT2D eigenvalue weighted by molar-refractivity contribution is 5.87. The molecule has 0 saturated carbocycles. The van der Waals surface area contributed by atoms with E-state index >= 15 is 0 Å². The van der Waals surface area contributed by atoms with Gasteiger partial charge in [-0.3, -0.25) is 19.2 Å². The van der Waals surface area contributed by atoms with E-state index in [1.165, 1.54) is 0 Å². The van der Waals surface area contributed by atoms with Gasteiger partial charge < -0.3 is 29.2 Å². The predicted molar refractivity (Wildman–Crippen MR) is 86.8 cm³/mol. The minimum Gasteiger partial charge on any atom is -0.478 e. The first-order valence-corrected chi connectivity index (χ1v) is 8.10. The molecule has 0 saturated heterocycles. The third-order valence-corrected chi connectivity index (χ3v) is 3.26. The maximum atomic E-state index is 11.7. The predicted octanol–water partition coefficient (Wildman–Crippen LogP) is -0.334. The van der Waals surface area contributed by atoms with Gasteiger partial charge in [-0.1, -0.05) is 0 Å². The van der Waals surface area contributed by atoms with Crippen LogP contribution in [0.1, 0.15) is 38.5 Å². The average Bonchev–Trinajstić information content (AvgIpc) is 2.63. The highest BCUT2D eigenvalue weighted by atomic mass is 16.6. The molecule has 12 nitrogen and oxygen atoms in total. The summed E-state index contributed by atoms with van der Waals surface area (Å²) in [6, 6.07) is 0. The van der Waals surface area contributed by atoms with Crippen LogP contribution < -0.4 is 0 Å². The molecule has 0 aromatic heterocycles. The Morgan fingerprint density at radius 1 is 0.607 bits per heavy atom. The van der Waals surface area contributed by atoms with E-state index in [4.69, 9.17) is 10.2 Å². The third kappa shape index (κ3) is 10.1.